The Morgan fingerprint density at radius 3 is 1.89 bits per heavy atom. The molecule has 0 bridgehead atoms. The third-order valence-electron chi connectivity index (χ3n) is 11.1. The molecular weight excluding hydrogens is 645 g/mol. The van der Waals surface area contributed by atoms with Gasteiger partial charge in [0.25, 0.3) is 0 Å². The number of benzene rings is 8. The second-order valence-corrected chi connectivity index (χ2v) is 14.7. The summed E-state index contributed by atoms with van der Waals surface area (Å²) in [7, 11) is 0. The van der Waals surface area contributed by atoms with Gasteiger partial charge in [0.1, 0.15) is 0 Å². The fourth-order valence-electron chi connectivity index (χ4n) is 8.49. The van der Waals surface area contributed by atoms with Crippen LogP contribution in [0.5, 0.6) is 11.5 Å². The van der Waals surface area contributed by atoms with E-state index in [2.05, 4.69) is 206 Å². The summed E-state index contributed by atoms with van der Waals surface area (Å²) in [4.78, 5) is 4.83. The molecular formula is C50H38N2O. The molecule has 8 aromatic rings. The van der Waals surface area contributed by atoms with Crippen LogP contribution in [0.3, 0.4) is 0 Å². The smallest absolute Gasteiger partial charge is 0.153 e. The molecule has 3 heteroatoms. The Balaban J connectivity index is 1.19. The van der Waals surface area contributed by atoms with Crippen molar-refractivity contribution in [2.45, 2.75) is 26.2 Å². The van der Waals surface area contributed by atoms with E-state index in [-0.39, 0.29) is 5.41 Å². The quantitative estimate of drug-likeness (QED) is 0.180. The van der Waals surface area contributed by atoms with Crippen molar-refractivity contribution in [1.29, 1.82) is 0 Å². The lowest BCUT2D eigenvalue weighted by molar-refractivity contribution is 0.471. The summed E-state index contributed by atoms with van der Waals surface area (Å²) in [5.41, 5.74) is 14.8. The summed E-state index contributed by atoms with van der Waals surface area (Å²) >= 11 is 0. The monoisotopic (exact) mass is 682 g/mol. The zero-order valence-corrected chi connectivity index (χ0v) is 30.0. The first-order valence-corrected chi connectivity index (χ1v) is 18.4. The third-order valence-corrected chi connectivity index (χ3v) is 11.1. The Kier molecular flexibility index (Phi) is 7.06. The van der Waals surface area contributed by atoms with Crippen molar-refractivity contribution in [1.82, 2.24) is 0 Å². The molecule has 0 aromatic heterocycles. The van der Waals surface area contributed by atoms with Crippen molar-refractivity contribution < 1.29 is 4.74 Å². The van der Waals surface area contributed by atoms with E-state index >= 15 is 0 Å². The van der Waals surface area contributed by atoms with E-state index < -0.39 is 0 Å². The largest absolute Gasteiger partial charge is 0.453 e. The van der Waals surface area contributed by atoms with E-state index in [1.807, 2.05) is 0 Å². The maximum atomic E-state index is 7.13. The maximum Gasteiger partial charge on any atom is 0.153 e. The highest BCUT2D eigenvalue weighted by Gasteiger charge is 2.42. The molecule has 0 spiro atoms. The van der Waals surface area contributed by atoms with Gasteiger partial charge in [0.2, 0.25) is 0 Å². The molecule has 0 radical (unpaired) electrons. The normalized spacial score (nSPS) is 13.5. The molecule has 0 saturated carbocycles. The van der Waals surface area contributed by atoms with Crippen molar-refractivity contribution in [2.24, 2.45) is 0 Å². The van der Waals surface area contributed by atoms with Crippen molar-refractivity contribution in [3.8, 4) is 33.8 Å². The standard InChI is InChI=1S/C50H38N2O/c1-33-29-40(51(44-24-14-20-37-19-10-11-21-41(37)44)39-27-25-36(26-28-39)34-15-6-4-7-16-34)32-47-48(33)52-45-23-13-12-22-42(45)50(2,3)43-30-38(31-46(53-47)49(43)52)35-17-8-5-9-18-35/h4-32H,1-3H3. The molecule has 0 atom stereocenters. The van der Waals surface area contributed by atoms with E-state index in [9.17, 15) is 0 Å². The molecule has 0 aliphatic carbocycles. The molecule has 0 unspecified atom stereocenters. The first-order chi connectivity index (χ1) is 26.0. The first kappa shape index (κ1) is 31.2. The Bertz CT molecular complexity index is 2670. The minimum Gasteiger partial charge on any atom is -0.453 e. The molecule has 53 heavy (non-hydrogen) atoms. The minimum absolute atomic E-state index is 0.228. The molecule has 2 heterocycles. The summed E-state index contributed by atoms with van der Waals surface area (Å²) in [6, 6.07) is 63.3. The molecule has 0 saturated heterocycles. The van der Waals surface area contributed by atoms with Gasteiger partial charge in [-0.2, -0.15) is 0 Å². The fraction of sp³-hybridized carbons (Fsp3) is 0.0800. The second-order valence-electron chi connectivity index (χ2n) is 14.7. The molecule has 0 N–H and O–H groups in total. The van der Waals surface area contributed by atoms with Crippen molar-refractivity contribution in [3.63, 3.8) is 0 Å². The topological polar surface area (TPSA) is 15.7 Å². The molecule has 3 nitrogen and oxygen atoms in total. The van der Waals surface area contributed by atoms with Crippen LogP contribution in [0.1, 0.15) is 30.5 Å². The fourth-order valence-corrected chi connectivity index (χ4v) is 8.49. The lowest BCUT2D eigenvalue weighted by atomic mass is 9.72. The number of fused-ring (bicyclic) bond motifs is 5. The van der Waals surface area contributed by atoms with Gasteiger partial charge in [-0.25, -0.2) is 0 Å². The summed E-state index contributed by atoms with van der Waals surface area (Å²) in [6.45, 7) is 6.89. The molecule has 0 fully saturated rings. The molecule has 2 aliphatic heterocycles. The highest BCUT2D eigenvalue weighted by atomic mass is 16.5. The molecule has 0 amide bonds. The zero-order valence-electron chi connectivity index (χ0n) is 30.0. The number of hydrogen-bond acceptors (Lipinski definition) is 3. The van der Waals surface area contributed by atoms with Gasteiger partial charge >= 0.3 is 0 Å². The van der Waals surface area contributed by atoms with Crippen LogP contribution in [-0.4, -0.2) is 0 Å². The van der Waals surface area contributed by atoms with Crippen LogP contribution >= 0.6 is 0 Å². The maximum absolute atomic E-state index is 7.13. The average molecular weight is 683 g/mol. The van der Waals surface area contributed by atoms with E-state index in [0.717, 1.165) is 51.1 Å². The van der Waals surface area contributed by atoms with Gasteiger partial charge in [0, 0.05) is 22.6 Å². The number of rotatable bonds is 5. The lowest BCUT2D eigenvalue weighted by Crippen LogP contribution is -2.32. The van der Waals surface area contributed by atoms with Crippen LogP contribution in [0.15, 0.2) is 176 Å². The van der Waals surface area contributed by atoms with Crippen LogP contribution in [0, 0.1) is 6.92 Å². The van der Waals surface area contributed by atoms with E-state index in [1.54, 1.807) is 0 Å². The molecule has 10 rings (SSSR count). The Morgan fingerprint density at radius 2 is 1.11 bits per heavy atom. The predicted molar refractivity (Wildman–Crippen MR) is 221 cm³/mol. The van der Waals surface area contributed by atoms with Crippen LogP contribution in [-0.2, 0) is 5.41 Å². The van der Waals surface area contributed by atoms with E-state index in [1.165, 1.54) is 44.3 Å². The Hall–Kier alpha value is -6.58. The highest BCUT2D eigenvalue weighted by molar-refractivity contribution is 6.01. The third kappa shape index (κ3) is 4.96. The minimum atomic E-state index is -0.228. The summed E-state index contributed by atoms with van der Waals surface area (Å²) in [5, 5.41) is 2.39. The molecule has 254 valence electrons. The first-order valence-electron chi connectivity index (χ1n) is 18.4. The number of para-hydroxylation sites is 1. The van der Waals surface area contributed by atoms with Crippen molar-refractivity contribution in [3.05, 3.63) is 193 Å². The van der Waals surface area contributed by atoms with Crippen molar-refractivity contribution in [2.75, 3.05) is 9.80 Å². The van der Waals surface area contributed by atoms with E-state index in [4.69, 9.17) is 4.74 Å². The lowest BCUT2D eigenvalue weighted by Gasteiger charge is -2.45. The van der Waals surface area contributed by atoms with Gasteiger partial charge in [0.05, 0.1) is 28.4 Å². The van der Waals surface area contributed by atoms with Gasteiger partial charge in [-0.3, -0.25) is 0 Å². The summed E-state index contributed by atoms with van der Waals surface area (Å²) in [5.74, 6) is 1.71. The van der Waals surface area contributed by atoms with Crippen LogP contribution in [0.25, 0.3) is 33.0 Å². The highest BCUT2D eigenvalue weighted by Crippen LogP contribution is 2.62. The molecule has 2 aliphatic rings. The SMILES string of the molecule is Cc1cc(N(c2ccc(-c3ccccc3)cc2)c2cccc3ccccc23)cc2c1N1c3ccccc3C(C)(C)c3cc(-c4ccccc4)cc(c31)O2. The van der Waals surface area contributed by atoms with Crippen LogP contribution in [0.2, 0.25) is 0 Å². The average Bonchev–Trinajstić information content (AvgIpc) is 3.20. The van der Waals surface area contributed by atoms with Gasteiger partial charge in [-0.15, -0.1) is 0 Å². The van der Waals surface area contributed by atoms with Gasteiger partial charge in [0.15, 0.2) is 11.5 Å². The summed E-state index contributed by atoms with van der Waals surface area (Å²) < 4.78 is 7.13. The molecule has 8 aromatic carbocycles. The Labute approximate surface area is 311 Å². The number of ether oxygens (including phenoxy) is 1. The van der Waals surface area contributed by atoms with Crippen LogP contribution in [0.4, 0.5) is 34.1 Å². The van der Waals surface area contributed by atoms with Gasteiger partial charge in [-0.05, 0) is 93.7 Å². The Morgan fingerprint density at radius 1 is 0.491 bits per heavy atom. The van der Waals surface area contributed by atoms with E-state index in [0.29, 0.717) is 0 Å². The number of aryl methyl sites for hydroxylation is 1. The van der Waals surface area contributed by atoms with Crippen molar-refractivity contribution >= 4 is 44.9 Å². The number of nitrogens with zero attached hydrogens (tertiary/aromatic N) is 2. The number of anilines is 6. The predicted octanol–water partition coefficient (Wildman–Crippen LogP) is 14.2. The number of hydrogen-bond donors (Lipinski definition) is 0. The van der Waals surface area contributed by atoms with Gasteiger partial charge < -0.3 is 14.5 Å². The van der Waals surface area contributed by atoms with Crippen LogP contribution < -0.4 is 14.5 Å². The van der Waals surface area contributed by atoms with Gasteiger partial charge in [-0.1, -0.05) is 141 Å². The zero-order chi connectivity index (χ0) is 35.7. The second kappa shape index (κ2) is 12.0. The summed E-state index contributed by atoms with van der Waals surface area (Å²) in [6.07, 6.45) is 0.